The molecule has 2 aromatic carbocycles. The lowest BCUT2D eigenvalue weighted by molar-refractivity contribution is -0.172. The molecule has 0 aliphatic carbocycles. The zero-order valence-corrected chi connectivity index (χ0v) is 22.0. The molecular weight excluding hydrogens is 512 g/mol. The summed E-state index contributed by atoms with van der Waals surface area (Å²) in [5.74, 6) is 1.32. The van der Waals surface area contributed by atoms with Crippen LogP contribution < -0.4 is 19.8 Å². The summed E-state index contributed by atoms with van der Waals surface area (Å²) in [4.78, 5) is 31.2. The molecule has 3 aliphatic rings. The Morgan fingerprint density at radius 3 is 2.60 bits per heavy atom. The molecule has 2 aromatic heterocycles. The minimum atomic E-state index is -1.88. The number of hydrogen-bond donors (Lipinski definition) is 1. The van der Waals surface area contributed by atoms with Crippen molar-refractivity contribution in [1.82, 2.24) is 9.55 Å². The predicted molar refractivity (Wildman–Crippen MR) is 146 cm³/mol. The maximum atomic E-state index is 13.7. The van der Waals surface area contributed by atoms with E-state index in [2.05, 4.69) is 6.08 Å². The Morgan fingerprint density at radius 1 is 1.07 bits per heavy atom. The smallest absolute Gasteiger partial charge is 0.343 e. The number of ether oxygens (including phenoxy) is 4. The summed E-state index contributed by atoms with van der Waals surface area (Å²) in [6, 6.07) is 13.3. The summed E-state index contributed by atoms with van der Waals surface area (Å²) in [5, 5.41) is 12.1. The van der Waals surface area contributed by atoms with Gasteiger partial charge in [-0.25, -0.2) is 9.78 Å². The van der Waals surface area contributed by atoms with Crippen LogP contribution in [0, 0.1) is 0 Å². The lowest BCUT2D eigenvalue weighted by Gasteiger charge is -2.31. The minimum absolute atomic E-state index is 0.0879. The van der Waals surface area contributed by atoms with Gasteiger partial charge in [0.05, 0.1) is 36.1 Å². The summed E-state index contributed by atoms with van der Waals surface area (Å²) in [5.41, 5.74) is 3.32. The number of carbonyl (C=O) groups is 1. The maximum Gasteiger partial charge on any atom is 0.343 e. The molecule has 1 N–H and O–H groups in total. The molecule has 202 valence electrons. The maximum absolute atomic E-state index is 13.7. The number of pyridine rings is 2. The van der Waals surface area contributed by atoms with Gasteiger partial charge in [-0.15, -0.1) is 0 Å². The second-order valence-corrected chi connectivity index (χ2v) is 10.1. The van der Waals surface area contributed by atoms with Gasteiger partial charge >= 0.3 is 5.97 Å². The number of methoxy groups -OCH3 is 1. The zero-order chi connectivity index (χ0) is 27.6. The van der Waals surface area contributed by atoms with E-state index in [1.807, 2.05) is 42.5 Å². The van der Waals surface area contributed by atoms with Crippen LogP contribution in [0.4, 0.5) is 0 Å². The highest BCUT2D eigenvalue weighted by Crippen LogP contribution is 2.43. The number of aromatic nitrogens is 2. The molecule has 9 nitrogen and oxygen atoms in total. The topological polar surface area (TPSA) is 109 Å². The van der Waals surface area contributed by atoms with E-state index in [4.69, 9.17) is 23.9 Å². The first-order valence-corrected chi connectivity index (χ1v) is 13.1. The third kappa shape index (κ3) is 3.54. The second kappa shape index (κ2) is 8.96. The normalized spacial score (nSPS) is 18.5. The van der Waals surface area contributed by atoms with E-state index in [9.17, 15) is 14.7 Å². The molecule has 0 amide bonds. The Bertz CT molecular complexity index is 1810. The van der Waals surface area contributed by atoms with E-state index in [1.54, 1.807) is 24.7 Å². The number of cyclic esters (lactones) is 1. The molecule has 7 rings (SSSR count). The van der Waals surface area contributed by atoms with Crippen molar-refractivity contribution in [3.05, 3.63) is 86.7 Å². The van der Waals surface area contributed by atoms with Gasteiger partial charge in [-0.1, -0.05) is 31.2 Å². The molecule has 0 unspecified atom stereocenters. The van der Waals surface area contributed by atoms with Gasteiger partial charge in [-0.05, 0) is 48.2 Å². The quantitative estimate of drug-likeness (QED) is 0.334. The number of aliphatic hydroxyl groups is 1. The lowest BCUT2D eigenvalue weighted by Crippen LogP contribution is -2.44. The SMILES string of the molecule is CC[C@@]1(O)C(=O)OCc2c1cc1n(c2=O)Cc2c-1nc1cc3c(cc1c2C/C=C/c1ccc(OC)cc1)OCO3. The molecular formula is C31H26N2O7. The van der Waals surface area contributed by atoms with Crippen molar-refractivity contribution in [2.24, 2.45) is 0 Å². The number of esters is 1. The van der Waals surface area contributed by atoms with Crippen molar-refractivity contribution in [3.63, 3.8) is 0 Å². The van der Waals surface area contributed by atoms with E-state index in [-0.39, 0.29) is 25.4 Å². The highest BCUT2D eigenvalue weighted by molar-refractivity contribution is 5.91. The van der Waals surface area contributed by atoms with Crippen LogP contribution in [-0.4, -0.2) is 34.5 Å². The first kappa shape index (κ1) is 24.4. The fourth-order valence-corrected chi connectivity index (χ4v) is 5.81. The van der Waals surface area contributed by atoms with Gasteiger partial charge in [0.1, 0.15) is 12.4 Å². The molecule has 4 aromatic rings. The third-order valence-corrected chi connectivity index (χ3v) is 8.05. The molecule has 0 radical (unpaired) electrons. The zero-order valence-electron chi connectivity index (χ0n) is 22.0. The fraction of sp³-hybridized carbons (Fsp3) is 0.258. The molecule has 0 saturated carbocycles. The minimum Gasteiger partial charge on any atom is -0.497 e. The van der Waals surface area contributed by atoms with Crippen molar-refractivity contribution in [3.8, 4) is 28.6 Å². The van der Waals surface area contributed by atoms with Gasteiger partial charge in [0.2, 0.25) is 6.79 Å². The van der Waals surface area contributed by atoms with Crippen LogP contribution in [-0.2, 0) is 34.7 Å². The highest BCUT2D eigenvalue weighted by Gasteiger charge is 2.45. The Kier molecular flexibility index (Phi) is 5.47. The molecule has 3 aliphatic heterocycles. The van der Waals surface area contributed by atoms with Crippen molar-refractivity contribution in [2.45, 2.75) is 38.5 Å². The van der Waals surface area contributed by atoms with Crippen molar-refractivity contribution in [1.29, 1.82) is 0 Å². The average molecular weight is 539 g/mol. The molecule has 0 spiro atoms. The van der Waals surface area contributed by atoms with Crippen LogP contribution >= 0.6 is 0 Å². The molecule has 9 heteroatoms. The van der Waals surface area contributed by atoms with E-state index in [1.165, 1.54) is 0 Å². The van der Waals surface area contributed by atoms with Gasteiger partial charge in [0.25, 0.3) is 5.56 Å². The van der Waals surface area contributed by atoms with Crippen molar-refractivity contribution in [2.75, 3.05) is 13.9 Å². The molecule has 0 bridgehead atoms. The Hall–Kier alpha value is -4.63. The van der Waals surface area contributed by atoms with Crippen molar-refractivity contribution >= 4 is 22.9 Å². The Labute approximate surface area is 229 Å². The lowest BCUT2D eigenvalue weighted by atomic mass is 9.86. The van der Waals surface area contributed by atoms with Gasteiger partial charge in [0, 0.05) is 22.6 Å². The molecule has 1 atom stereocenters. The standard InChI is InChI=1S/C31H26N2O7/c1-3-31(36)23-12-25-28-21(14-33(25)29(34)22(23)15-38-30(31)35)19(6-4-5-17-7-9-18(37-2)10-8-17)20-11-26-27(40-16-39-26)13-24(20)32-28/h4-5,7-13,36H,3,6,14-16H2,1-2H3/b5-4+/t31-/m0/s1. The molecule has 40 heavy (non-hydrogen) atoms. The van der Waals surface area contributed by atoms with Gasteiger partial charge in [-0.3, -0.25) is 4.79 Å². The average Bonchev–Trinajstić information content (AvgIpc) is 3.58. The van der Waals surface area contributed by atoms with Crippen LogP contribution in [0.15, 0.2) is 53.3 Å². The summed E-state index contributed by atoms with van der Waals surface area (Å²) in [6.07, 6.45) is 4.80. The van der Waals surface area contributed by atoms with Gasteiger partial charge in [0.15, 0.2) is 17.1 Å². The Balaban J connectivity index is 1.39. The summed E-state index contributed by atoms with van der Waals surface area (Å²) in [6.45, 7) is 1.99. The van der Waals surface area contributed by atoms with Crippen LogP contribution in [0.5, 0.6) is 17.2 Å². The number of hydrogen-bond acceptors (Lipinski definition) is 8. The number of benzene rings is 2. The third-order valence-electron chi connectivity index (χ3n) is 8.05. The number of nitrogens with zero attached hydrogens (tertiary/aromatic N) is 2. The fourth-order valence-electron chi connectivity index (χ4n) is 5.81. The number of rotatable bonds is 5. The van der Waals surface area contributed by atoms with Crippen LogP contribution in [0.3, 0.4) is 0 Å². The number of allylic oxidation sites excluding steroid dienone is 1. The van der Waals surface area contributed by atoms with E-state index >= 15 is 0 Å². The van der Waals surface area contributed by atoms with Crippen LogP contribution in [0.25, 0.3) is 28.4 Å². The summed E-state index contributed by atoms with van der Waals surface area (Å²) in [7, 11) is 1.64. The predicted octanol–water partition coefficient (Wildman–Crippen LogP) is 4.07. The first-order chi connectivity index (χ1) is 19.4. The van der Waals surface area contributed by atoms with E-state index < -0.39 is 11.6 Å². The van der Waals surface area contributed by atoms with E-state index in [0.717, 1.165) is 27.8 Å². The molecule has 5 heterocycles. The first-order valence-electron chi connectivity index (χ1n) is 13.1. The van der Waals surface area contributed by atoms with Gasteiger partial charge in [-0.2, -0.15) is 0 Å². The summed E-state index contributed by atoms with van der Waals surface area (Å²) < 4.78 is 23.4. The highest BCUT2D eigenvalue weighted by atomic mass is 16.7. The monoisotopic (exact) mass is 538 g/mol. The van der Waals surface area contributed by atoms with Crippen LogP contribution in [0.1, 0.15) is 41.2 Å². The molecule has 0 fully saturated rings. The summed E-state index contributed by atoms with van der Waals surface area (Å²) >= 11 is 0. The number of fused-ring (bicyclic) bond motifs is 6. The largest absolute Gasteiger partial charge is 0.497 e. The molecule has 0 saturated heterocycles. The second-order valence-electron chi connectivity index (χ2n) is 10.1. The van der Waals surface area contributed by atoms with Crippen LogP contribution in [0.2, 0.25) is 0 Å². The number of carbonyl (C=O) groups excluding carboxylic acids is 1. The Morgan fingerprint density at radius 2 is 1.85 bits per heavy atom. The van der Waals surface area contributed by atoms with E-state index in [0.29, 0.717) is 52.5 Å². The van der Waals surface area contributed by atoms with Crippen molar-refractivity contribution < 1.29 is 28.8 Å². The van der Waals surface area contributed by atoms with Gasteiger partial charge < -0.3 is 28.6 Å².